The third kappa shape index (κ3) is 6.66. The molecule has 0 aliphatic heterocycles. The van der Waals surface area contributed by atoms with Gasteiger partial charge in [-0.05, 0) is 53.9 Å². The van der Waals surface area contributed by atoms with Gasteiger partial charge >= 0.3 is 0 Å². The predicted octanol–water partition coefficient (Wildman–Crippen LogP) is 3.35. The summed E-state index contributed by atoms with van der Waals surface area (Å²) >= 11 is 0. The van der Waals surface area contributed by atoms with Crippen LogP contribution in [0.2, 0.25) is 0 Å². The Balaban J connectivity index is 1.55. The number of likely N-dealkylation sites (N-methyl/N-ethyl adjacent to an activating group) is 1. The van der Waals surface area contributed by atoms with Crippen LogP contribution in [0.5, 0.6) is 11.5 Å². The Morgan fingerprint density at radius 1 is 1.06 bits per heavy atom. The van der Waals surface area contributed by atoms with Gasteiger partial charge in [0.2, 0.25) is 10.0 Å². The number of nitrogens with zero attached hydrogens (tertiary/aromatic N) is 2. The SMILES string of the molecule is COc1ccc(S(=O)(=O)N(C)CC(=O)N/N=C/c2cccc(OCc3ccccc3)c2)cc1C. The van der Waals surface area contributed by atoms with Crippen LogP contribution in [-0.4, -0.2) is 45.5 Å². The van der Waals surface area contributed by atoms with Crippen molar-refractivity contribution >= 4 is 22.1 Å². The molecule has 8 nitrogen and oxygen atoms in total. The van der Waals surface area contributed by atoms with Gasteiger partial charge in [0.1, 0.15) is 18.1 Å². The highest BCUT2D eigenvalue weighted by Crippen LogP contribution is 2.23. The maximum absolute atomic E-state index is 12.8. The number of methoxy groups -OCH3 is 1. The van der Waals surface area contributed by atoms with Gasteiger partial charge in [-0.2, -0.15) is 9.41 Å². The highest BCUT2D eigenvalue weighted by atomic mass is 32.2. The summed E-state index contributed by atoms with van der Waals surface area (Å²) in [6.45, 7) is 1.80. The Labute approximate surface area is 199 Å². The molecule has 3 aromatic rings. The summed E-state index contributed by atoms with van der Waals surface area (Å²) in [5.41, 5.74) is 4.81. The summed E-state index contributed by atoms with van der Waals surface area (Å²) in [7, 11) is -0.991. The molecule has 0 unspecified atom stereocenters. The van der Waals surface area contributed by atoms with E-state index >= 15 is 0 Å². The van der Waals surface area contributed by atoms with E-state index in [1.807, 2.05) is 48.5 Å². The van der Waals surface area contributed by atoms with Crippen molar-refractivity contribution in [2.45, 2.75) is 18.4 Å². The first-order chi connectivity index (χ1) is 16.3. The molecule has 0 saturated heterocycles. The van der Waals surface area contributed by atoms with Gasteiger partial charge in [0.15, 0.2) is 0 Å². The van der Waals surface area contributed by atoms with Crippen molar-refractivity contribution in [1.29, 1.82) is 0 Å². The van der Waals surface area contributed by atoms with Crippen molar-refractivity contribution in [2.75, 3.05) is 20.7 Å². The summed E-state index contributed by atoms with van der Waals surface area (Å²) in [6, 6.07) is 21.6. The predicted molar refractivity (Wildman–Crippen MR) is 130 cm³/mol. The number of hydrazone groups is 1. The molecule has 0 heterocycles. The average Bonchev–Trinajstić information content (AvgIpc) is 2.83. The normalized spacial score (nSPS) is 11.5. The van der Waals surface area contributed by atoms with E-state index in [0.717, 1.165) is 15.4 Å². The van der Waals surface area contributed by atoms with Crippen LogP contribution >= 0.6 is 0 Å². The number of ether oxygens (including phenoxy) is 2. The highest BCUT2D eigenvalue weighted by Gasteiger charge is 2.23. The lowest BCUT2D eigenvalue weighted by atomic mass is 10.2. The Morgan fingerprint density at radius 3 is 2.53 bits per heavy atom. The molecule has 0 atom stereocenters. The number of hydrogen-bond acceptors (Lipinski definition) is 6. The van der Waals surface area contributed by atoms with E-state index in [2.05, 4.69) is 10.5 Å². The van der Waals surface area contributed by atoms with Gasteiger partial charge in [0, 0.05) is 7.05 Å². The van der Waals surface area contributed by atoms with Crippen LogP contribution in [0.25, 0.3) is 0 Å². The van der Waals surface area contributed by atoms with Crippen LogP contribution in [0.1, 0.15) is 16.7 Å². The first kappa shape index (κ1) is 24.9. The molecular weight excluding hydrogens is 454 g/mol. The van der Waals surface area contributed by atoms with E-state index < -0.39 is 15.9 Å². The topological polar surface area (TPSA) is 97.3 Å². The van der Waals surface area contributed by atoms with Crippen molar-refractivity contribution < 1.29 is 22.7 Å². The average molecular weight is 482 g/mol. The molecule has 0 saturated carbocycles. The number of sulfonamides is 1. The lowest BCUT2D eigenvalue weighted by Gasteiger charge is -2.17. The molecule has 0 aromatic heterocycles. The number of nitrogens with one attached hydrogen (secondary N) is 1. The van der Waals surface area contributed by atoms with Crippen molar-refractivity contribution in [3.05, 3.63) is 89.5 Å². The van der Waals surface area contributed by atoms with Gasteiger partial charge in [-0.1, -0.05) is 42.5 Å². The molecule has 34 heavy (non-hydrogen) atoms. The second-order valence-corrected chi connectivity index (χ2v) is 9.58. The maximum atomic E-state index is 12.8. The van der Waals surface area contributed by atoms with Gasteiger partial charge in [0.25, 0.3) is 5.91 Å². The molecule has 1 amide bonds. The molecule has 178 valence electrons. The number of hydrogen-bond donors (Lipinski definition) is 1. The zero-order valence-corrected chi connectivity index (χ0v) is 20.1. The van der Waals surface area contributed by atoms with Crippen molar-refractivity contribution in [3.8, 4) is 11.5 Å². The minimum atomic E-state index is -3.85. The fourth-order valence-electron chi connectivity index (χ4n) is 3.12. The quantitative estimate of drug-likeness (QED) is 0.354. The fraction of sp³-hybridized carbons (Fsp3) is 0.200. The lowest BCUT2D eigenvalue weighted by Crippen LogP contribution is -2.36. The van der Waals surface area contributed by atoms with Crippen LogP contribution in [0.15, 0.2) is 82.8 Å². The van der Waals surface area contributed by atoms with Crippen LogP contribution in [-0.2, 0) is 21.4 Å². The maximum Gasteiger partial charge on any atom is 0.255 e. The molecule has 3 rings (SSSR count). The number of carbonyl (C=O) groups is 1. The third-order valence-corrected chi connectivity index (χ3v) is 6.75. The molecular formula is C25H27N3O5S. The second-order valence-electron chi connectivity index (χ2n) is 7.53. The van der Waals surface area contributed by atoms with Crippen molar-refractivity contribution in [2.24, 2.45) is 5.10 Å². The fourth-order valence-corrected chi connectivity index (χ4v) is 4.33. The number of aryl methyl sites for hydroxylation is 1. The van der Waals surface area contributed by atoms with Gasteiger partial charge in [-0.3, -0.25) is 4.79 Å². The van der Waals surface area contributed by atoms with E-state index in [4.69, 9.17) is 9.47 Å². The van der Waals surface area contributed by atoms with Crippen LogP contribution in [0, 0.1) is 6.92 Å². The summed E-state index contributed by atoms with van der Waals surface area (Å²) in [5.74, 6) is 0.687. The van der Waals surface area contributed by atoms with E-state index in [9.17, 15) is 13.2 Å². The zero-order valence-electron chi connectivity index (χ0n) is 19.3. The smallest absolute Gasteiger partial charge is 0.255 e. The van der Waals surface area contributed by atoms with Crippen LogP contribution in [0.4, 0.5) is 0 Å². The molecule has 0 bridgehead atoms. The van der Waals surface area contributed by atoms with Crippen molar-refractivity contribution in [1.82, 2.24) is 9.73 Å². The number of carbonyl (C=O) groups excluding carboxylic acids is 1. The second kappa shape index (κ2) is 11.4. The van der Waals surface area contributed by atoms with Gasteiger partial charge in [-0.25, -0.2) is 13.8 Å². The molecule has 0 aliphatic carbocycles. The third-order valence-electron chi connectivity index (χ3n) is 4.95. The Hall–Kier alpha value is -3.69. The van der Waals surface area contributed by atoms with Crippen LogP contribution < -0.4 is 14.9 Å². The molecule has 9 heteroatoms. The Bertz CT molecular complexity index is 1260. The van der Waals surface area contributed by atoms with E-state index in [1.54, 1.807) is 19.1 Å². The van der Waals surface area contributed by atoms with Gasteiger partial charge < -0.3 is 9.47 Å². The molecule has 0 radical (unpaired) electrons. The number of rotatable bonds is 10. The molecule has 1 N–H and O–H groups in total. The number of benzene rings is 3. The highest BCUT2D eigenvalue weighted by molar-refractivity contribution is 7.89. The lowest BCUT2D eigenvalue weighted by molar-refractivity contribution is -0.121. The van der Waals surface area contributed by atoms with E-state index in [-0.39, 0.29) is 11.4 Å². The molecule has 3 aromatic carbocycles. The summed E-state index contributed by atoms with van der Waals surface area (Å²) < 4.78 is 37.5. The van der Waals surface area contributed by atoms with Crippen molar-refractivity contribution in [3.63, 3.8) is 0 Å². The van der Waals surface area contributed by atoms with Gasteiger partial charge in [0.05, 0.1) is 24.8 Å². The number of amides is 1. The minimum absolute atomic E-state index is 0.0805. The molecule has 0 spiro atoms. The minimum Gasteiger partial charge on any atom is -0.496 e. The largest absolute Gasteiger partial charge is 0.496 e. The summed E-state index contributed by atoms with van der Waals surface area (Å²) in [6.07, 6.45) is 1.47. The summed E-state index contributed by atoms with van der Waals surface area (Å²) in [4.78, 5) is 12.3. The monoisotopic (exact) mass is 481 g/mol. The standard InChI is InChI=1S/C25H27N3O5S/c1-19-14-23(12-13-24(19)32-3)34(30,31)28(2)17-25(29)27-26-16-21-10-7-11-22(15-21)33-18-20-8-5-4-6-9-20/h4-16H,17-18H2,1-3H3,(H,27,29)/b26-16+. The zero-order chi connectivity index (χ0) is 24.6. The Kier molecular flexibility index (Phi) is 8.39. The van der Waals surface area contributed by atoms with E-state index in [1.165, 1.54) is 32.5 Å². The van der Waals surface area contributed by atoms with E-state index in [0.29, 0.717) is 23.7 Å². The van der Waals surface area contributed by atoms with Crippen LogP contribution in [0.3, 0.4) is 0 Å². The van der Waals surface area contributed by atoms with Gasteiger partial charge in [-0.15, -0.1) is 0 Å². The first-order valence-electron chi connectivity index (χ1n) is 10.5. The molecule has 0 fully saturated rings. The summed E-state index contributed by atoms with van der Waals surface area (Å²) in [5, 5.41) is 3.93. The molecule has 0 aliphatic rings. The first-order valence-corrected chi connectivity index (χ1v) is 11.9. The Morgan fingerprint density at radius 2 is 1.82 bits per heavy atom.